The third-order valence-electron chi connectivity index (χ3n) is 4.55. The number of aromatic nitrogens is 2. The van der Waals surface area contributed by atoms with Gasteiger partial charge in [-0.15, -0.1) is 0 Å². The second kappa shape index (κ2) is 7.59. The molecule has 0 fully saturated rings. The molecule has 30 heavy (non-hydrogen) atoms. The van der Waals surface area contributed by atoms with Crippen molar-refractivity contribution in [3.63, 3.8) is 0 Å². The van der Waals surface area contributed by atoms with E-state index >= 15 is 0 Å². The Labute approximate surface area is 168 Å². The molecule has 0 aliphatic heterocycles. The smallest absolute Gasteiger partial charge is 0.268 e. The standard InChI is InChI=1S/C23H14F4N2O/c24-19-10-3-1-6-15(19)12-13-21-28-20-11-4-2-9-18(20)22(30)29(21)17-8-5-7-16(14-17)23(25,26)27/h1-14H. The van der Waals surface area contributed by atoms with Gasteiger partial charge in [-0.2, -0.15) is 13.2 Å². The fourth-order valence-corrected chi connectivity index (χ4v) is 3.11. The summed E-state index contributed by atoms with van der Waals surface area (Å²) in [6.45, 7) is 0. The zero-order chi connectivity index (χ0) is 21.3. The minimum Gasteiger partial charge on any atom is -0.268 e. The number of nitrogens with zero attached hydrogens (tertiary/aromatic N) is 2. The molecule has 0 radical (unpaired) electrons. The quantitative estimate of drug-likeness (QED) is 0.405. The number of para-hydroxylation sites is 1. The van der Waals surface area contributed by atoms with Crippen molar-refractivity contribution in [1.82, 2.24) is 9.55 Å². The Hall–Kier alpha value is -3.74. The van der Waals surface area contributed by atoms with E-state index in [2.05, 4.69) is 4.98 Å². The van der Waals surface area contributed by atoms with Crippen molar-refractivity contribution >= 4 is 23.1 Å². The van der Waals surface area contributed by atoms with Gasteiger partial charge >= 0.3 is 6.18 Å². The van der Waals surface area contributed by atoms with Gasteiger partial charge in [0.25, 0.3) is 5.56 Å². The highest BCUT2D eigenvalue weighted by Crippen LogP contribution is 2.30. The van der Waals surface area contributed by atoms with E-state index < -0.39 is 23.1 Å². The summed E-state index contributed by atoms with van der Waals surface area (Å²) in [5.74, 6) is -0.385. The fraction of sp³-hybridized carbons (Fsp3) is 0.0435. The van der Waals surface area contributed by atoms with Crippen molar-refractivity contribution < 1.29 is 17.6 Å². The number of benzene rings is 3. The van der Waals surface area contributed by atoms with Gasteiger partial charge in [-0.05, 0) is 48.6 Å². The Bertz CT molecular complexity index is 1320. The molecule has 0 saturated carbocycles. The zero-order valence-corrected chi connectivity index (χ0v) is 15.4. The van der Waals surface area contributed by atoms with Gasteiger partial charge in [0.1, 0.15) is 11.6 Å². The first-order valence-corrected chi connectivity index (χ1v) is 8.96. The Balaban J connectivity index is 1.96. The molecule has 0 aliphatic carbocycles. The Morgan fingerprint density at radius 1 is 0.867 bits per heavy atom. The zero-order valence-electron chi connectivity index (χ0n) is 15.4. The third-order valence-corrected chi connectivity index (χ3v) is 4.55. The van der Waals surface area contributed by atoms with E-state index in [1.807, 2.05) is 0 Å². The number of fused-ring (bicyclic) bond motifs is 1. The first-order valence-electron chi connectivity index (χ1n) is 8.96. The lowest BCUT2D eigenvalue weighted by Crippen LogP contribution is -2.22. The van der Waals surface area contributed by atoms with Crippen molar-refractivity contribution in [2.24, 2.45) is 0 Å². The van der Waals surface area contributed by atoms with Gasteiger partial charge in [-0.25, -0.2) is 9.37 Å². The molecule has 0 N–H and O–H groups in total. The van der Waals surface area contributed by atoms with E-state index in [4.69, 9.17) is 0 Å². The van der Waals surface area contributed by atoms with Gasteiger partial charge in [-0.3, -0.25) is 9.36 Å². The molecule has 4 rings (SSSR count). The minimum atomic E-state index is -4.56. The van der Waals surface area contributed by atoms with Gasteiger partial charge in [0.05, 0.1) is 22.2 Å². The summed E-state index contributed by atoms with van der Waals surface area (Å²) < 4.78 is 54.6. The molecule has 4 aromatic rings. The molecular weight excluding hydrogens is 396 g/mol. The lowest BCUT2D eigenvalue weighted by molar-refractivity contribution is -0.137. The number of halogens is 4. The predicted octanol–water partition coefficient (Wildman–Crippen LogP) is 5.71. The lowest BCUT2D eigenvalue weighted by Gasteiger charge is -2.14. The topological polar surface area (TPSA) is 34.9 Å². The minimum absolute atomic E-state index is 0.0151. The molecule has 0 spiro atoms. The molecule has 3 nitrogen and oxygen atoms in total. The molecule has 150 valence electrons. The second-order valence-corrected chi connectivity index (χ2v) is 6.53. The summed E-state index contributed by atoms with van der Waals surface area (Å²) in [5.41, 5.74) is -0.743. The van der Waals surface area contributed by atoms with E-state index in [0.717, 1.165) is 16.7 Å². The highest BCUT2D eigenvalue weighted by molar-refractivity contribution is 5.80. The number of hydrogen-bond acceptors (Lipinski definition) is 2. The van der Waals surface area contributed by atoms with Gasteiger partial charge in [0, 0.05) is 5.56 Å². The molecule has 0 atom stereocenters. The van der Waals surface area contributed by atoms with E-state index in [-0.39, 0.29) is 22.5 Å². The first-order chi connectivity index (χ1) is 14.3. The van der Waals surface area contributed by atoms with Crippen molar-refractivity contribution in [2.45, 2.75) is 6.18 Å². The summed E-state index contributed by atoms with van der Waals surface area (Å²) in [6.07, 6.45) is -1.73. The molecule has 3 aromatic carbocycles. The molecule has 0 amide bonds. The van der Waals surface area contributed by atoms with Crippen LogP contribution in [-0.2, 0) is 6.18 Å². The van der Waals surface area contributed by atoms with Crippen LogP contribution in [0.3, 0.4) is 0 Å². The van der Waals surface area contributed by atoms with Gasteiger partial charge in [0.2, 0.25) is 0 Å². The summed E-state index contributed by atoms with van der Waals surface area (Å²) >= 11 is 0. The van der Waals surface area contributed by atoms with Crippen LogP contribution in [0, 0.1) is 5.82 Å². The molecule has 0 aliphatic rings. The highest BCUT2D eigenvalue weighted by atomic mass is 19.4. The largest absolute Gasteiger partial charge is 0.416 e. The molecule has 0 saturated heterocycles. The van der Waals surface area contributed by atoms with E-state index in [0.29, 0.717) is 5.52 Å². The van der Waals surface area contributed by atoms with Crippen LogP contribution in [-0.4, -0.2) is 9.55 Å². The normalized spacial score (nSPS) is 12.0. The summed E-state index contributed by atoms with van der Waals surface area (Å²) in [4.78, 5) is 17.5. The monoisotopic (exact) mass is 410 g/mol. The van der Waals surface area contributed by atoms with Crippen LogP contribution in [0.4, 0.5) is 17.6 Å². The molecule has 0 bridgehead atoms. The third kappa shape index (κ3) is 3.74. The maximum absolute atomic E-state index is 14.0. The summed E-state index contributed by atoms with van der Waals surface area (Å²) in [6, 6.07) is 17.0. The molecule has 7 heteroatoms. The SMILES string of the molecule is O=c1c2ccccc2nc(C=Cc2ccccc2F)n1-c1cccc(C(F)(F)F)c1. The van der Waals surface area contributed by atoms with E-state index in [1.165, 1.54) is 30.4 Å². The van der Waals surface area contributed by atoms with Gasteiger partial charge < -0.3 is 0 Å². The van der Waals surface area contributed by atoms with E-state index in [1.54, 1.807) is 42.5 Å². The maximum atomic E-state index is 14.0. The van der Waals surface area contributed by atoms with Gasteiger partial charge in [-0.1, -0.05) is 36.4 Å². The van der Waals surface area contributed by atoms with Crippen LogP contribution in [0.25, 0.3) is 28.7 Å². The first kappa shape index (κ1) is 19.6. The second-order valence-electron chi connectivity index (χ2n) is 6.53. The number of hydrogen-bond donors (Lipinski definition) is 0. The Morgan fingerprint density at radius 2 is 1.60 bits per heavy atom. The fourth-order valence-electron chi connectivity index (χ4n) is 3.11. The maximum Gasteiger partial charge on any atom is 0.416 e. The Morgan fingerprint density at radius 3 is 2.37 bits per heavy atom. The van der Waals surface area contributed by atoms with Crippen molar-refractivity contribution in [3.05, 3.63) is 106 Å². The predicted molar refractivity (Wildman–Crippen MR) is 108 cm³/mol. The lowest BCUT2D eigenvalue weighted by atomic mass is 10.1. The van der Waals surface area contributed by atoms with Crippen molar-refractivity contribution in [1.29, 1.82) is 0 Å². The van der Waals surface area contributed by atoms with Crippen LogP contribution in [0.15, 0.2) is 77.6 Å². The van der Waals surface area contributed by atoms with E-state index in [9.17, 15) is 22.4 Å². The summed E-state index contributed by atoms with van der Waals surface area (Å²) in [7, 11) is 0. The van der Waals surface area contributed by atoms with Crippen LogP contribution >= 0.6 is 0 Å². The average Bonchev–Trinajstić information content (AvgIpc) is 2.73. The van der Waals surface area contributed by atoms with Gasteiger partial charge in [0.15, 0.2) is 0 Å². The van der Waals surface area contributed by atoms with Crippen LogP contribution in [0.2, 0.25) is 0 Å². The molecule has 1 aromatic heterocycles. The van der Waals surface area contributed by atoms with Crippen LogP contribution in [0.1, 0.15) is 17.0 Å². The molecular formula is C23H14F4N2O. The highest BCUT2D eigenvalue weighted by Gasteiger charge is 2.30. The van der Waals surface area contributed by atoms with Crippen LogP contribution < -0.4 is 5.56 Å². The molecule has 1 heterocycles. The van der Waals surface area contributed by atoms with Crippen LogP contribution in [0.5, 0.6) is 0 Å². The van der Waals surface area contributed by atoms with Crippen molar-refractivity contribution in [3.8, 4) is 5.69 Å². The number of rotatable bonds is 3. The molecule has 0 unspecified atom stereocenters. The summed E-state index contributed by atoms with van der Waals surface area (Å²) in [5, 5.41) is 0.262. The Kier molecular flexibility index (Phi) is 4.95. The average molecular weight is 410 g/mol. The number of alkyl halides is 3. The van der Waals surface area contributed by atoms with Crippen molar-refractivity contribution in [2.75, 3.05) is 0 Å².